The lowest BCUT2D eigenvalue weighted by Gasteiger charge is -2.17. The number of hydrogen-bond donors (Lipinski definition) is 0. The summed E-state index contributed by atoms with van der Waals surface area (Å²) in [6.07, 6.45) is 0.429. The number of nitrogens with zero attached hydrogens (tertiary/aromatic N) is 3. The molecule has 26 heavy (non-hydrogen) atoms. The molecule has 0 N–H and O–H groups in total. The summed E-state index contributed by atoms with van der Waals surface area (Å²) in [4.78, 5) is 18.9. The Balaban J connectivity index is 1.51. The number of amides is 1. The summed E-state index contributed by atoms with van der Waals surface area (Å²) >= 11 is 0. The fraction of sp³-hybridized carbons (Fsp3) is 0.286. The van der Waals surface area contributed by atoms with Gasteiger partial charge in [0.2, 0.25) is 5.91 Å². The van der Waals surface area contributed by atoms with E-state index in [9.17, 15) is 4.79 Å². The second-order valence-electron chi connectivity index (χ2n) is 6.87. The number of aryl methyl sites for hydroxylation is 2. The molecule has 0 spiro atoms. The molecule has 1 saturated heterocycles. The van der Waals surface area contributed by atoms with Crippen molar-refractivity contribution in [2.75, 3.05) is 6.54 Å². The van der Waals surface area contributed by atoms with Gasteiger partial charge in [-0.1, -0.05) is 47.6 Å². The van der Waals surface area contributed by atoms with Crippen LogP contribution in [0.2, 0.25) is 0 Å². The van der Waals surface area contributed by atoms with Gasteiger partial charge in [0.05, 0.1) is 0 Å². The predicted octanol–water partition coefficient (Wildman–Crippen LogP) is 3.87. The van der Waals surface area contributed by atoms with Crippen LogP contribution in [0.4, 0.5) is 0 Å². The van der Waals surface area contributed by atoms with Crippen molar-refractivity contribution in [2.24, 2.45) is 0 Å². The predicted molar refractivity (Wildman–Crippen MR) is 98.4 cm³/mol. The largest absolute Gasteiger partial charge is 0.338 e. The molecule has 5 heteroatoms. The number of carbonyl (C=O) groups is 1. The van der Waals surface area contributed by atoms with E-state index in [4.69, 9.17) is 4.52 Å². The topological polar surface area (TPSA) is 59.2 Å². The van der Waals surface area contributed by atoms with Gasteiger partial charge in [-0.05, 0) is 36.6 Å². The van der Waals surface area contributed by atoms with Crippen LogP contribution in [-0.4, -0.2) is 27.5 Å². The third kappa shape index (κ3) is 3.12. The van der Waals surface area contributed by atoms with Gasteiger partial charge in [-0.15, -0.1) is 0 Å². The van der Waals surface area contributed by atoms with Gasteiger partial charge in [0, 0.05) is 31.0 Å². The van der Waals surface area contributed by atoms with Crippen LogP contribution in [0.25, 0.3) is 11.5 Å². The van der Waals surface area contributed by atoms with Crippen molar-refractivity contribution >= 4 is 5.91 Å². The van der Waals surface area contributed by atoms with Crippen LogP contribution < -0.4 is 0 Å². The Morgan fingerprint density at radius 2 is 1.81 bits per heavy atom. The van der Waals surface area contributed by atoms with Gasteiger partial charge in [-0.3, -0.25) is 4.79 Å². The monoisotopic (exact) mass is 347 g/mol. The van der Waals surface area contributed by atoms with Crippen molar-refractivity contribution < 1.29 is 9.32 Å². The fourth-order valence-corrected chi connectivity index (χ4v) is 3.41. The van der Waals surface area contributed by atoms with Crippen LogP contribution in [0, 0.1) is 13.8 Å². The summed E-state index contributed by atoms with van der Waals surface area (Å²) < 4.78 is 5.46. The summed E-state index contributed by atoms with van der Waals surface area (Å²) in [6.45, 7) is 5.34. The first-order valence-corrected chi connectivity index (χ1v) is 8.83. The highest BCUT2D eigenvalue weighted by molar-refractivity contribution is 5.79. The molecule has 1 amide bonds. The Morgan fingerprint density at radius 1 is 1.08 bits per heavy atom. The summed E-state index contributed by atoms with van der Waals surface area (Å²) in [5.41, 5.74) is 4.40. The molecule has 0 aliphatic carbocycles. The first kappa shape index (κ1) is 16.5. The van der Waals surface area contributed by atoms with E-state index in [1.165, 1.54) is 11.1 Å². The van der Waals surface area contributed by atoms with Crippen LogP contribution in [0.1, 0.15) is 34.9 Å². The van der Waals surface area contributed by atoms with Crippen LogP contribution in [0.3, 0.4) is 0 Å². The molecular weight excluding hydrogens is 326 g/mol. The first-order valence-electron chi connectivity index (χ1n) is 8.83. The number of carbonyl (C=O) groups excluding carboxylic acids is 1. The SMILES string of the molecule is Cc1ccccc1CN1CC(c2noc(-c3ccccc3C)n2)CC1=O. The second kappa shape index (κ2) is 6.75. The van der Waals surface area contributed by atoms with E-state index in [-0.39, 0.29) is 11.8 Å². The summed E-state index contributed by atoms with van der Waals surface area (Å²) in [5.74, 6) is 1.25. The summed E-state index contributed by atoms with van der Waals surface area (Å²) in [6, 6.07) is 16.1. The smallest absolute Gasteiger partial charge is 0.258 e. The highest BCUT2D eigenvalue weighted by atomic mass is 16.5. The van der Waals surface area contributed by atoms with E-state index in [1.54, 1.807) is 0 Å². The quantitative estimate of drug-likeness (QED) is 0.719. The van der Waals surface area contributed by atoms with Crippen molar-refractivity contribution in [2.45, 2.75) is 32.7 Å². The molecule has 0 saturated carbocycles. The van der Waals surface area contributed by atoms with Gasteiger partial charge < -0.3 is 9.42 Å². The average molecular weight is 347 g/mol. The number of likely N-dealkylation sites (tertiary alicyclic amines) is 1. The van der Waals surface area contributed by atoms with Crippen LogP contribution in [-0.2, 0) is 11.3 Å². The Bertz CT molecular complexity index is 948. The Hall–Kier alpha value is -2.95. The Kier molecular flexibility index (Phi) is 4.29. The van der Waals surface area contributed by atoms with E-state index >= 15 is 0 Å². The van der Waals surface area contributed by atoms with Crippen LogP contribution in [0.5, 0.6) is 0 Å². The van der Waals surface area contributed by atoms with Gasteiger partial charge in [0.25, 0.3) is 5.89 Å². The molecule has 4 rings (SSSR count). The molecule has 3 aromatic rings. The molecular formula is C21H21N3O2. The highest BCUT2D eigenvalue weighted by Crippen LogP contribution is 2.30. The zero-order chi connectivity index (χ0) is 18.1. The minimum Gasteiger partial charge on any atom is -0.338 e. The van der Waals surface area contributed by atoms with E-state index in [0.29, 0.717) is 31.2 Å². The molecule has 2 heterocycles. The standard InChI is InChI=1S/C21H21N3O2/c1-14-7-3-5-9-16(14)12-24-13-17(11-19(24)25)20-22-21(26-23-20)18-10-6-4-8-15(18)2/h3-10,17H,11-13H2,1-2H3. The van der Waals surface area contributed by atoms with Crippen molar-refractivity contribution in [1.82, 2.24) is 15.0 Å². The lowest BCUT2D eigenvalue weighted by Crippen LogP contribution is -2.24. The van der Waals surface area contributed by atoms with E-state index in [0.717, 1.165) is 11.1 Å². The summed E-state index contributed by atoms with van der Waals surface area (Å²) in [5, 5.41) is 4.14. The van der Waals surface area contributed by atoms with Gasteiger partial charge >= 0.3 is 0 Å². The lowest BCUT2D eigenvalue weighted by molar-refractivity contribution is -0.128. The molecule has 0 radical (unpaired) electrons. The number of aromatic nitrogens is 2. The molecule has 5 nitrogen and oxygen atoms in total. The Morgan fingerprint density at radius 3 is 2.58 bits per heavy atom. The number of benzene rings is 2. The van der Waals surface area contributed by atoms with Gasteiger partial charge in [-0.25, -0.2) is 0 Å². The molecule has 0 bridgehead atoms. The van der Waals surface area contributed by atoms with E-state index in [2.05, 4.69) is 29.2 Å². The molecule has 1 aromatic heterocycles. The maximum atomic E-state index is 12.4. The third-order valence-corrected chi connectivity index (χ3v) is 5.02. The third-order valence-electron chi connectivity index (χ3n) is 5.02. The zero-order valence-corrected chi connectivity index (χ0v) is 15.0. The van der Waals surface area contributed by atoms with Gasteiger partial charge in [0.15, 0.2) is 5.82 Å². The van der Waals surface area contributed by atoms with Crippen molar-refractivity contribution in [3.05, 3.63) is 71.0 Å². The molecule has 2 aromatic carbocycles. The van der Waals surface area contributed by atoms with Crippen molar-refractivity contribution in [3.8, 4) is 11.5 Å². The van der Waals surface area contributed by atoms with Gasteiger partial charge in [0.1, 0.15) is 0 Å². The first-order chi connectivity index (χ1) is 12.6. The highest BCUT2D eigenvalue weighted by Gasteiger charge is 2.34. The maximum absolute atomic E-state index is 12.4. The molecule has 1 atom stereocenters. The van der Waals surface area contributed by atoms with Crippen LogP contribution >= 0.6 is 0 Å². The van der Waals surface area contributed by atoms with Crippen molar-refractivity contribution in [3.63, 3.8) is 0 Å². The molecule has 1 aliphatic heterocycles. The number of hydrogen-bond acceptors (Lipinski definition) is 4. The summed E-state index contributed by atoms with van der Waals surface area (Å²) in [7, 11) is 0. The molecule has 1 fully saturated rings. The average Bonchev–Trinajstić information content (AvgIpc) is 3.25. The molecule has 132 valence electrons. The van der Waals surface area contributed by atoms with Gasteiger partial charge in [-0.2, -0.15) is 4.98 Å². The molecule has 1 unspecified atom stereocenters. The minimum absolute atomic E-state index is 0.0203. The molecule has 1 aliphatic rings. The normalized spacial score (nSPS) is 17.1. The minimum atomic E-state index is -0.0203. The Labute approximate surface area is 152 Å². The number of rotatable bonds is 4. The fourth-order valence-electron chi connectivity index (χ4n) is 3.41. The maximum Gasteiger partial charge on any atom is 0.258 e. The van der Waals surface area contributed by atoms with E-state index < -0.39 is 0 Å². The van der Waals surface area contributed by atoms with Crippen molar-refractivity contribution in [1.29, 1.82) is 0 Å². The van der Waals surface area contributed by atoms with Crippen LogP contribution in [0.15, 0.2) is 53.1 Å². The van der Waals surface area contributed by atoms with E-state index in [1.807, 2.05) is 48.2 Å². The second-order valence-corrected chi connectivity index (χ2v) is 6.87. The zero-order valence-electron chi connectivity index (χ0n) is 15.0. The lowest BCUT2D eigenvalue weighted by atomic mass is 10.1.